The molecule has 0 spiro atoms. The van der Waals surface area contributed by atoms with Crippen LogP contribution in [0.2, 0.25) is 0 Å². The Morgan fingerprint density at radius 2 is 2.24 bits per heavy atom. The second-order valence-corrected chi connectivity index (χ2v) is 5.13. The lowest BCUT2D eigenvalue weighted by Gasteiger charge is -2.32. The Hall–Kier alpha value is -1.99. The Bertz CT molecular complexity index is 599. The highest BCUT2D eigenvalue weighted by Gasteiger charge is 2.26. The van der Waals surface area contributed by atoms with Gasteiger partial charge in [-0.25, -0.2) is 9.97 Å². The van der Waals surface area contributed by atoms with Crippen molar-refractivity contribution in [3.05, 3.63) is 36.3 Å². The number of ether oxygens (including phenoxy) is 1. The first kappa shape index (κ1) is 14.0. The molecule has 7 nitrogen and oxygen atoms in total. The predicted molar refractivity (Wildman–Crippen MR) is 78.8 cm³/mol. The van der Waals surface area contributed by atoms with Crippen molar-refractivity contribution in [2.24, 2.45) is 7.05 Å². The summed E-state index contributed by atoms with van der Waals surface area (Å²) in [5, 5.41) is 3.08. The number of aryl methyl sites for hydroxylation is 1. The number of imidazole rings is 1. The van der Waals surface area contributed by atoms with E-state index in [-0.39, 0.29) is 6.10 Å². The molecular formula is C14H20N6O. The summed E-state index contributed by atoms with van der Waals surface area (Å²) in [4.78, 5) is 15.3. The zero-order valence-electron chi connectivity index (χ0n) is 12.4. The monoisotopic (exact) mass is 288 g/mol. The van der Waals surface area contributed by atoms with Crippen molar-refractivity contribution in [2.75, 3.05) is 32.1 Å². The van der Waals surface area contributed by atoms with Gasteiger partial charge in [-0.3, -0.25) is 9.88 Å². The van der Waals surface area contributed by atoms with Crippen LogP contribution in [0.3, 0.4) is 0 Å². The molecule has 1 fully saturated rings. The molecule has 1 atom stereocenters. The van der Waals surface area contributed by atoms with E-state index in [0.29, 0.717) is 6.61 Å². The number of hydrogen-bond acceptors (Lipinski definition) is 6. The summed E-state index contributed by atoms with van der Waals surface area (Å²) in [6, 6.07) is 0. The number of morpholine rings is 1. The van der Waals surface area contributed by atoms with Crippen molar-refractivity contribution >= 4 is 5.82 Å². The van der Waals surface area contributed by atoms with Gasteiger partial charge in [0.05, 0.1) is 18.6 Å². The Morgan fingerprint density at radius 1 is 1.38 bits per heavy atom. The van der Waals surface area contributed by atoms with Crippen molar-refractivity contribution in [3.63, 3.8) is 0 Å². The third kappa shape index (κ3) is 3.03. The molecule has 0 aliphatic carbocycles. The zero-order valence-corrected chi connectivity index (χ0v) is 12.4. The third-order valence-electron chi connectivity index (χ3n) is 3.72. The molecule has 1 aliphatic heterocycles. The fraction of sp³-hybridized carbons (Fsp3) is 0.500. The summed E-state index contributed by atoms with van der Waals surface area (Å²) in [5.74, 6) is 0.782. The molecule has 3 rings (SSSR count). The Labute approximate surface area is 124 Å². The van der Waals surface area contributed by atoms with E-state index in [1.54, 1.807) is 12.4 Å². The lowest BCUT2D eigenvalue weighted by Crippen LogP contribution is -2.38. The molecule has 0 bridgehead atoms. The molecule has 0 unspecified atom stereocenters. The maximum absolute atomic E-state index is 5.88. The standard InChI is InChI=1S/C14H20N6O/c1-15-14-13(17-3-4-18-14)12-9-20(5-6-21-12)8-11-7-16-10-19(11)2/h3-4,7,10,12H,5-6,8-9H2,1-2H3,(H,15,18)/t12-/m0/s1. The predicted octanol–water partition coefficient (Wildman–Crippen LogP) is 0.825. The van der Waals surface area contributed by atoms with Gasteiger partial charge in [0.25, 0.3) is 0 Å². The lowest BCUT2D eigenvalue weighted by molar-refractivity contribution is -0.0353. The van der Waals surface area contributed by atoms with Crippen LogP contribution in [0.5, 0.6) is 0 Å². The van der Waals surface area contributed by atoms with E-state index in [0.717, 1.165) is 31.1 Å². The van der Waals surface area contributed by atoms with Crippen molar-refractivity contribution < 1.29 is 4.74 Å². The van der Waals surface area contributed by atoms with Crippen LogP contribution in [0.4, 0.5) is 5.82 Å². The van der Waals surface area contributed by atoms with Crippen molar-refractivity contribution in [1.29, 1.82) is 0 Å². The van der Waals surface area contributed by atoms with E-state index in [9.17, 15) is 0 Å². The van der Waals surface area contributed by atoms with Gasteiger partial charge < -0.3 is 14.6 Å². The van der Waals surface area contributed by atoms with E-state index in [1.807, 2.05) is 31.2 Å². The molecule has 2 aromatic rings. The van der Waals surface area contributed by atoms with Gasteiger partial charge in [-0.05, 0) is 0 Å². The van der Waals surface area contributed by atoms with Crippen molar-refractivity contribution in [1.82, 2.24) is 24.4 Å². The molecule has 112 valence electrons. The molecule has 1 N–H and O–H groups in total. The summed E-state index contributed by atoms with van der Waals surface area (Å²) in [7, 11) is 3.87. The summed E-state index contributed by atoms with van der Waals surface area (Å²) < 4.78 is 7.93. The molecule has 1 aliphatic rings. The Kier molecular flexibility index (Phi) is 4.12. The first-order chi connectivity index (χ1) is 10.3. The second-order valence-electron chi connectivity index (χ2n) is 5.13. The summed E-state index contributed by atoms with van der Waals surface area (Å²) >= 11 is 0. The fourth-order valence-corrected chi connectivity index (χ4v) is 2.55. The second kappa shape index (κ2) is 6.19. The number of aromatic nitrogens is 4. The molecule has 1 saturated heterocycles. The Morgan fingerprint density at radius 3 is 3.00 bits per heavy atom. The van der Waals surface area contributed by atoms with Gasteiger partial charge in [0.2, 0.25) is 0 Å². The minimum atomic E-state index is -0.0527. The minimum Gasteiger partial charge on any atom is -0.372 e. The quantitative estimate of drug-likeness (QED) is 0.898. The summed E-state index contributed by atoms with van der Waals surface area (Å²) in [6.45, 7) is 3.28. The van der Waals surface area contributed by atoms with Crippen LogP contribution >= 0.6 is 0 Å². The number of nitrogens with one attached hydrogen (secondary N) is 1. The lowest BCUT2D eigenvalue weighted by atomic mass is 10.2. The smallest absolute Gasteiger partial charge is 0.150 e. The van der Waals surface area contributed by atoms with Gasteiger partial charge in [0.1, 0.15) is 17.6 Å². The maximum atomic E-state index is 5.88. The molecule has 7 heteroatoms. The fourth-order valence-electron chi connectivity index (χ4n) is 2.55. The summed E-state index contributed by atoms with van der Waals surface area (Å²) in [6.07, 6.45) is 7.08. The molecule has 0 saturated carbocycles. The van der Waals surface area contributed by atoms with Gasteiger partial charge in [0.15, 0.2) is 0 Å². The first-order valence-electron chi connectivity index (χ1n) is 7.05. The van der Waals surface area contributed by atoms with E-state index in [1.165, 1.54) is 5.69 Å². The average Bonchev–Trinajstić information content (AvgIpc) is 2.93. The van der Waals surface area contributed by atoms with Gasteiger partial charge in [-0.2, -0.15) is 0 Å². The molecule has 0 aromatic carbocycles. The number of rotatable bonds is 4. The highest BCUT2D eigenvalue weighted by Crippen LogP contribution is 2.25. The van der Waals surface area contributed by atoms with Gasteiger partial charge in [-0.15, -0.1) is 0 Å². The number of hydrogen-bond donors (Lipinski definition) is 1. The summed E-state index contributed by atoms with van der Waals surface area (Å²) in [5.41, 5.74) is 2.07. The molecule has 21 heavy (non-hydrogen) atoms. The zero-order chi connectivity index (χ0) is 14.7. The largest absolute Gasteiger partial charge is 0.372 e. The van der Waals surface area contributed by atoms with Gasteiger partial charge >= 0.3 is 0 Å². The highest BCUT2D eigenvalue weighted by molar-refractivity contribution is 5.40. The number of anilines is 1. The molecule has 0 radical (unpaired) electrons. The van der Waals surface area contributed by atoms with E-state index in [2.05, 4.69) is 25.2 Å². The van der Waals surface area contributed by atoms with Gasteiger partial charge in [0, 0.05) is 52.3 Å². The van der Waals surface area contributed by atoms with Crippen LogP contribution < -0.4 is 5.32 Å². The van der Waals surface area contributed by atoms with Crippen molar-refractivity contribution in [3.8, 4) is 0 Å². The molecule has 0 amide bonds. The average molecular weight is 288 g/mol. The van der Waals surface area contributed by atoms with Crippen LogP contribution in [0.15, 0.2) is 24.9 Å². The normalized spacial score (nSPS) is 19.6. The van der Waals surface area contributed by atoms with Crippen LogP contribution in [0.1, 0.15) is 17.5 Å². The first-order valence-corrected chi connectivity index (χ1v) is 7.05. The van der Waals surface area contributed by atoms with Crippen LogP contribution in [-0.2, 0) is 18.3 Å². The number of nitrogens with zero attached hydrogens (tertiary/aromatic N) is 5. The van der Waals surface area contributed by atoms with Crippen LogP contribution in [-0.4, -0.2) is 51.2 Å². The molecule has 2 aromatic heterocycles. The minimum absolute atomic E-state index is 0.0527. The van der Waals surface area contributed by atoms with Crippen LogP contribution in [0.25, 0.3) is 0 Å². The van der Waals surface area contributed by atoms with Crippen molar-refractivity contribution in [2.45, 2.75) is 12.6 Å². The van der Waals surface area contributed by atoms with E-state index >= 15 is 0 Å². The van der Waals surface area contributed by atoms with E-state index < -0.39 is 0 Å². The molecule has 3 heterocycles. The van der Waals surface area contributed by atoms with Crippen LogP contribution in [0, 0.1) is 0 Å². The SMILES string of the molecule is CNc1nccnc1[C@@H]1CN(Cc2cncn2C)CCO1. The van der Waals surface area contributed by atoms with E-state index in [4.69, 9.17) is 4.74 Å². The third-order valence-corrected chi connectivity index (χ3v) is 3.72. The van der Waals surface area contributed by atoms with Gasteiger partial charge in [-0.1, -0.05) is 0 Å². The highest BCUT2D eigenvalue weighted by atomic mass is 16.5. The molecular weight excluding hydrogens is 268 g/mol. The Balaban J connectivity index is 1.72. The topological polar surface area (TPSA) is 68.1 Å². The maximum Gasteiger partial charge on any atom is 0.150 e.